The maximum Gasteiger partial charge on any atom is 0.145 e. The first-order chi connectivity index (χ1) is 23.8. The number of hydrogen-bond donors (Lipinski definition) is 0. The van der Waals surface area contributed by atoms with Crippen molar-refractivity contribution in [2.45, 2.75) is 12.8 Å². The van der Waals surface area contributed by atoms with Crippen LogP contribution in [-0.2, 0) is 6.42 Å². The largest absolute Gasteiger partial charge is 0.455 e. The normalized spacial score (nSPS) is 13.4. The van der Waals surface area contributed by atoms with Crippen molar-refractivity contribution in [3.8, 4) is 11.1 Å². The lowest BCUT2D eigenvalue weighted by molar-refractivity contribution is 0.673. The number of hydrogen-bond acceptors (Lipinski definition) is 2. The first-order valence-electron chi connectivity index (χ1n) is 16.7. The highest BCUT2D eigenvalue weighted by molar-refractivity contribution is 7.27. The van der Waals surface area contributed by atoms with Gasteiger partial charge < -0.3 is 4.42 Å². The van der Waals surface area contributed by atoms with Crippen LogP contribution < -0.4 is 0 Å². The number of thiophene rings is 1. The van der Waals surface area contributed by atoms with Crippen molar-refractivity contribution in [3.05, 3.63) is 156 Å². The van der Waals surface area contributed by atoms with Crippen molar-refractivity contribution in [2.24, 2.45) is 0 Å². The molecule has 0 fully saturated rings. The summed E-state index contributed by atoms with van der Waals surface area (Å²) in [5.74, 6) is 0. The van der Waals surface area contributed by atoms with Crippen LogP contribution in [0.1, 0.15) is 23.1 Å². The predicted molar refractivity (Wildman–Crippen MR) is 207 cm³/mol. The highest BCUT2D eigenvalue weighted by Crippen LogP contribution is 2.48. The van der Waals surface area contributed by atoms with Crippen LogP contribution in [0, 0.1) is 0 Å². The first-order valence-corrected chi connectivity index (χ1v) is 17.5. The van der Waals surface area contributed by atoms with Gasteiger partial charge in [0.05, 0.1) is 0 Å². The summed E-state index contributed by atoms with van der Waals surface area (Å²) in [6, 6.07) is 51.3. The van der Waals surface area contributed by atoms with Gasteiger partial charge in [0.15, 0.2) is 0 Å². The quantitative estimate of drug-likeness (QED) is 0.174. The van der Waals surface area contributed by atoms with E-state index < -0.39 is 0 Å². The molecule has 224 valence electrons. The van der Waals surface area contributed by atoms with Gasteiger partial charge >= 0.3 is 0 Å². The maximum absolute atomic E-state index is 6.61. The Morgan fingerprint density at radius 2 is 1.19 bits per heavy atom. The summed E-state index contributed by atoms with van der Waals surface area (Å²) >= 11 is 1.89. The second-order valence-electron chi connectivity index (χ2n) is 13.1. The second kappa shape index (κ2) is 9.90. The number of allylic oxidation sites excluding steroid dienone is 1. The summed E-state index contributed by atoms with van der Waals surface area (Å²) in [4.78, 5) is 0. The highest BCUT2D eigenvalue weighted by Gasteiger charge is 2.21. The Bertz CT molecular complexity index is 2950. The average Bonchev–Trinajstić information content (AvgIpc) is 3.72. The minimum absolute atomic E-state index is 0.948. The number of fused-ring (bicyclic) bond motifs is 13. The lowest BCUT2D eigenvalue weighted by Gasteiger charge is -2.19. The summed E-state index contributed by atoms with van der Waals surface area (Å²) < 4.78 is 9.23. The zero-order valence-electron chi connectivity index (χ0n) is 26.1. The van der Waals surface area contributed by atoms with Gasteiger partial charge in [0.25, 0.3) is 0 Å². The Hall–Kier alpha value is -5.70. The monoisotopic (exact) mass is 628 g/mol. The molecule has 0 aliphatic heterocycles. The Labute approximate surface area is 281 Å². The molecule has 1 aliphatic carbocycles. The Morgan fingerprint density at radius 1 is 0.500 bits per heavy atom. The lowest BCUT2D eigenvalue weighted by atomic mass is 9.85. The molecule has 10 aromatic rings. The van der Waals surface area contributed by atoms with Crippen LogP contribution in [0.3, 0.4) is 0 Å². The molecule has 0 spiro atoms. The fraction of sp³-hybridized carbons (Fsp3) is 0.0435. The van der Waals surface area contributed by atoms with Crippen molar-refractivity contribution < 1.29 is 4.42 Å². The first kappa shape index (κ1) is 26.4. The standard InChI is InChI=1S/C46H28OS/c1-3-11-34-31(9-1)25-32-10-2-4-12-35(32)42(34)33-20-19-27-23-28(17-18-29(27)24-33)30-21-22-39-41(26-30)48-46-37-14-6-5-13-36(37)43-38-15-7-8-16-40(38)47-45(43)44(39)46/h1-16,19-26H,17-18H2. The molecule has 0 atom stereocenters. The van der Waals surface area contributed by atoms with Crippen molar-refractivity contribution in [1.29, 1.82) is 0 Å². The van der Waals surface area contributed by atoms with E-state index in [9.17, 15) is 0 Å². The number of furan rings is 1. The summed E-state index contributed by atoms with van der Waals surface area (Å²) in [7, 11) is 0. The van der Waals surface area contributed by atoms with Crippen molar-refractivity contribution >= 4 is 97.4 Å². The van der Waals surface area contributed by atoms with Crippen molar-refractivity contribution in [3.63, 3.8) is 0 Å². The van der Waals surface area contributed by atoms with Gasteiger partial charge in [-0.3, -0.25) is 0 Å². The summed E-state index contributed by atoms with van der Waals surface area (Å²) in [5, 5.41) is 12.7. The van der Waals surface area contributed by atoms with Crippen LogP contribution in [-0.4, -0.2) is 0 Å². The van der Waals surface area contributed by atoms with Gasteiger partial charge in [0, 0.05) is 36.3 Å². The van der Waals surface area contributed by atoms with Gasteiger partial charge in [0.1, 0.15) is 11.2 Å². The van der Waals surface area contributed by atoms with Crippen LogP contribution in [0.2, 0.25) is 0 Å². The number of aryl methyl sites for hydroxylation is 1. The smallest absolute Gasteiger partial charge is 0.145 e. The molecular formula is C46H28OS. The van der Waals surface area contributed by atoms with Crippen molar-refractivity contribution in [2.75, 3.05) is 0 Å². The summed E-state index contributed by atoms with van der Waals surface area (Å²) in [6.07, 6.45) is 4.48. The molecule has 2 aromatic heterocycles. The van der Waals surface area contributed by atoms with E-state index in [-0.39, 0.29) is 0 Å². The highest BCUT2D eigenvalue weighted by atomic mass is 32.1. The minimum Gasteiger partial charge on any atom is -0.455 e. The van der Waals surface area contributed by atoms with E-state index in [1.54, 1.807) is 0 Å². The molecule has 8 aromatic carbocycles. The van der Waals surface area contributed by atoms with Gasteiger partial charge in [-0.15, -0.1) is 11.3 Å². The van der Waals surface area contributed by atoms with Gasteiger partial charge in [-0.2, -0.15) is 0 Å². The molecule has 0 saturated heterocycles. The van der Waals surface area contributed by atoms with Crippen LogP contribution in [0.15, 0.2) is 144 Å². The van der Waals surface area contributed by atoms with Gasteiger partial charge in [-0.25, -0.2) is 0 Å². The molecule has 0 radical (unpaired) electrons. The average molecular weight is 629 g/mol. The van der Waals surface area contributed by atoms with E-state index in [2.05, 4.69) is 146 Å². The fourth-order valence-corrected chi connectivity index (χ4v) is 9.58. The van der Waals surface area contributed by atoms with E-state index in [0.29, 0.717) is 0 Å². The number of benzene rings is 8. The molecule has 11 rings (SSSR count). The molecule has 2 heterocycles. The van der Waals surface area contributed by atoms with Crippen LogP contribution in [0.25, 0.3) is 97.2 Å². The number of para-hydroxylation sites is 1. The molecular weight excluding hydrogens is 601 g/mol. The van der Waals surface area contributed by atoms with E-state index in [1.807, 2.05) is 11.3 Å². The maximum atomic E-state index is 6.61. The molecule has 48 heavy (non-hydrogen) atoms. The van der Waals surface area contributed by atoms with E-state index >= 15 is 0 Å². The van der Waals surface area contributed by atoms with Crippen LogP contribution in [0.4, 0.5) is 0 Å². The lowest BCUT2D eigenvalue weighted by Crippen LogP contribution is -2.00. The molecule has 1 nitrogen and oxygen atoms in total. The third-order valence-corrected chi connectivity index (χ3v) is 11.7. The Kier molecular flexibility index (Phi) is 5.44. The molecule has 0 unspecified atom stereocenters. The summed E-state index contributed by atoms with van der Waals surface area (Å²) in [5.41, 5.74) is 10.1. The van der Waals surface area contributed by atoms with Crippen LogP contribution in [0.5, 0.6) is 0 Å². The molecule has 2 heteroatoms. The minimum atomic E-state index is 0.948. The zero-order valence-corrected chi connectivity index (χ0v) is 26.9. The van der Waals surface area contributed by atoms with E-state index in [4.69, 9.17) is 4.42 Å². The third-order valence-electron chi connectivity index (χ3n) is 10.5. The van der Waals surface area contributed by atoms with Crippen molar-refractivity contribution in [1.82, 2.24) is 0 Å². The Morgan fingerprint density at radius 3 is 2.00 bits per heavy atom. The van der Waals surface area contributed by atoms with E-state index in [1.165, 1.54) is 96.7 Å². The zero-order chi connectivity index (χ0) is 31.3. The van der Waals surface area contributed by atoms with Gasteiger partial charge in [-0.05, 0) is 91.4 Å². The molecule has 1 aliphatic rings. The van der Waals surface area contributed by atoms with Gasteiger partial charge in [0.2, 0.25) is 0 Å². The SMILES string of the molecule is C1=C(c2ccc3c(c2)sc2c4ccccc4c4c5ccccc5oc4c32)CCc2cc(-c3c4ccccc4cc4ccccc34)ccc21. The summed E-state index contributed by atoms with van der Waals surface area (Å²) in [6.45, 7) is 0. The predicted octanol–water partition coefficient (Wildman–Crippen LogP) is 13.6. The Balaban J connectivity index is 1.05. The number of rotatable bonds is 2. The topological polar surface area (TPSA) is 13.1 Å². The fourth-order valence-electron chi connectivity index (χ4n) is 8.30. The van der Waals surface area contributed by atoms with Gasteiger partial charge in [-0.1, -0.05) is 127 Å². The molecule has 0 N–H and O–H groups in total. The molecule has 0 bridgehead atoms. The molecule has 0 amide bonds. The molecule has 0 saturated carbocycles. The van der Waals surface area contributed by atoms with E-state index in [0.717, 1.165) is 24.0 Å². The third kappa shape index (κ3) is 3.72. The van der Waals surface area contributed by atoms with Crippen LogP contribution >= 0.6 is 11.3 Å². The second-order valence-corrected chi connectivity index (χ2v) is 14.2.